The highest BCUT2D eigenvalue weighted by Gasteiger charge is 2.47. The number of fused-ring (bicyclic) bond motifs is 8. The van der Waals surface area contributed by atoms with Crippen molar-refractivity contribution in [3.8, 4) is 22.3 Å². The second-order valence-electron chi connectivity index (χ2n) is 19.6. The van der Waals surface area contributed by atoms with E-state index in [1.165, 1.54) is 82.2 Å². The van der Waals surface area contributed by atoms with Gasteiger partial charge in [-0.05, 0) is 166 Å². The molecule has 11 aromatic carbocycles. The Hall–Kier alpha value is -8.55. The molecule has 0 saturated heterocycles. The van der Waals surface area contributed by atoms with Gasteiger partial charge in [-0.25, -0.2) is 0 Å². The second-order valence-corrected chi connectivity index (χ2v) is 21.9. The quantitative estimate of drug-likeness (QED) is 0.140. The lowest BCUT2D eigenvalue weighted by molar-refractivity contribution is 1.21. The van der Waals surface area contributed by atoms with E-state index in [9.17, 15) is 0 Å². The predicted molar refractivity (Wildman–Crippen MR) is 323 cm³/mol. The fourth-order valence-electron chi connectivity index (χ4n) is 12.2. The molecule has 15 rings (SSSR count). The molecule has 75 heavy (non-hydrogen) atoms. The van der Waals surface area contributed by atoms with E-state index in [1.807, 2.05) is 23.2 Å². The minimum atomic E-state index is 0.0272. The Kier molecular flexibility index (Phi) is 10.5. The van der Waals surface area contributed by atoms with Gasteiger partial charge in [0.25, 0.3) is 12.0 Å². The van der Waals surface area contributed by atoms with Crippen LogP contribution in [0, 0.1) is 6.92 Å². The third-order valence-corrected chi connectivity index (χ3v) is 18.0. The lowest BCUT2D eigenvalue weighted by Crippen LogP contribution is -2.56. The van der Waals surface area contributed by atoms with E-state index in [-0.39, 0.29) is 12.0 Å². The van der Waals surface area contributed by atoms with Crippen LogP contribution < -0.4 is 41.5 Å². The average Bonchev–Trinajstić information content (AvgIpc) is 3.61. The molecule has 4 nitrogen and oxygen atoms in total. The van der Waals surface area contributed by atoms with Crippen molar-refractivity contribution >= 4 is 125 Å². The van der Waals surface area contributed by atoms with Gasteiger partial charge in [0.1, 0.15) is 0 Å². The summed E-state index contributed by atoms with van der Waals surface area (Å²) in [7, 11) is 0. The van der Waals surface area contributed by atoms with Crippen LogP contribution in [0.25, 0.3) is 22.3 Å². The van der Waals surface area contributed by atoms with Crippen molar-refractivity contribution in [3.63, 3.8) is 0 Å². The minimum Gasteiger partial charge on any atom is -0.311 e. The van der Waals surface area contributed by atoms with Crippen molar-refractivity contribution in [2.75, 3.05) is 19.6 Å². The van der Waals surface area contributed by atoms with Gasteiger partial charge in [0, 0.05) is 78.0 Å². The van der Waals surface area contributed by atoms with E-state index < -0.39 is 0 Å². The Bertz CT molecular complexity index is 3660. The third kappa shape index (κ3) is 7.04. The van der Waals surface area contributed by atoms with Gasteiger partial charge >= 0.3 is 0 Å². The molecule has 0 unspecified atom stereocenters. The first-order valence-electron chi connectivity index (χ1n) is 25.7. The summed E-state index contributed by atoms with van der Waals surface area (Å²) in [4.78, 5) is 12.6. The monoisotopic (exact) mass is 992 g/mol. The maximum atomic E-state index is 2.63. The maximum Gasteiger partial charge on any atom is 0.285 e. The fourth-order valence-corrected chi connectivity index (χ4v) is 15.0. The summed E-state index contributed by atoms with van der Waals surface area (Å²) >= 11 is 4.01. The Morgan fingerprint density at radius 3 is 1.00 bits per heavy atom. The van der Waals surface area contributed by atoms with Gasteiger partial charge in [-0.2, -0.15) is 23.2 Å². The summed E-state index contributed by atoms with van der Waals surface area (Å²) in [5.74, 6) is 0.0545. The first kappa shape index (κ1) is 44.0. The molecule has 4 aliphatic heterocycles. The number of nitrogens with zero attached hydrogens (tertiary/aromatic N) is 4. The van der Waals surface area contributed by atoms with Gasteiger partial charge in [0.15, 0.2) is 0 Å². The second kappa shape index (κ2) is 17.8. The van der Waals surface area contributed by atoms with Crippen molar-refractivity contribution in [2.24, 2.45) is 0 Å². The highest BCUT2D eigenvalue weighted by Crippen LogP contribution is 2.54. The molecule has 0 bridgehead atoms. The molecule has 0 spiro atoms. The number of para-hydroxylation sites is 6. The minimum absolute atomic E-state index is 0.0272. The third-order valence-electron chi connectivity index (χ3n) is 15.3. The number of hydrogen-bond acceptors (Lipinski definition) is 6. The summed E-state index contributed by atoms with van der Waals surface area (Å²) in [6.45, 7) is 2.40. The van der Waals surface area contributed by atoms with Crippen LogP contribution in [0.15, 0.2) is 271 Å². The van der Waals surface area contributed by atoms with Gasteiger partial charge in [-0.1, -0.05) is 152 Å². The average molecular weight is 993 g/mol. The zero-order chi connectivity index (χ0) is 49.6. The summed E-state index contributed by atoms with van der Waals surface area (Å²) < 4.78 is 0. The normalized spacial score (nSPS) is 13.2. The molecule has 0 fully saturated rings. The zero-order valence-corrected chi connectivity index (χ0v) is 42.7. The van der Waals surface area contributed by atoms with Crippen LogP contribution in [-0.2, 0) is 0 Å². The molecule has 0 amide bonds. The molecule has 0 N–H and O–H groups in total. The van der Waals surface area contributed by atoms with Crippen LogP contribution >= 0.6 is 23.2 Å². The molecular weight excluding hydrogens is 947 g/mol. The molecule has 0 aliphatic carbocycles. The molecule has 0 saturated carbocycles. The zero-order valence-electron chi connectivity index (χ0n) is 41.1. The molecule has 4 heterocycles. The van der Waals surface area contributed by atoms with Crippen LogP contribution in [0.1, 0.15) is 5.56 Å². The number of benzene rings is 11. The molecular formula is C67H46B2N4S2. The van der Waals surface area contributed by atoms with Gasteiger partial charge in [-0.3, -0.25) is 0 Å². The van der Waals surface area contributed by atoms with Crippen molar-refractivity contribution in [1.82, 2.24) is 0 Å². The highest BCUT2D eigenvalue weighted by molar-refractivity contribution is 8.29. The fraction of sp³-hybridized carbons (Fsp3) is 0.0149. The first-order valence-corrected chi connectivity index (χ1v) is 27.5. The van der Waals surface area contributed by atoms with Crippen LogP contribution in [0.3, 0.4) is 0 Å². The lowest BCUT2D eigenvalue weighted by Gasteiger charge is -2.46. The van der Waals surface area contributed by atoms with Crippen molar-refractivity contribution in [2.45, 2.75) is 16.7 Å². The van der Waals surface area contributed by atoms with Crippen molar-refractivity contribution < 1.29 is 0 Å². The molecule has 8 heteroatoms. The van der Waals surface area contributed by atoms with Crippen molar-refractivity contribution in [3.05, 3.63) is 266 Å². The lowest BCUT2D eigenvalue weighted by atomic mass is 9.50. The Balaban J connectivity index is 1.03. The van der Waals surface area contributed by atoms with E-state index in [1.54, 1.807) is 0 Å². The smallest absolute Gasteiger partial charge is 0.285 e. The van der Waals surface area contributed by atoms with E-state index in [0.717, 1.165) is 45.5 Å². The summed E-state index contributed by atoms with van der Waals surface area (Å²) in [6, 6.07) is 96.1. The SMILES string of the molecule is Cc1c2c(cc3c1N(c1ccccc1)c1cc(N(c4ccccc4)c4ccccc4)cc4c1B3Sc1ccccc1-4)B1Sc3ccccc3-c3cc(N(c4ccccc4)c4ccccc4)cc(c31)N2c1ccccc1. The molecule has 11 aromatic rings. The Morgan fingerprint density at radius 2 is 0.640 bits per heavy atom. The number of anilines is 12. The maximum absolute atomic E-state index is 2.63. The molecule has 0 radical (unpaired) electrons. The molecule has 0 aromatic heterocycles. The number of hydrogen-bond donors (Lipinski definition) is 0. The number of rotatable bonds is 8. The van der Waals surface area contributed by atoms with Crippen LogP contribution in [-0.4, -0.2) is 12.0 Å². The van der Waals surface area contributed by atoms with Gasteiger partial charge < -0.3 is 19.6 Å². The largest absolute Gasteiger partial charge is 0.311 e. The van der Waals surface area contributed by atoms with E-state index in [2.05, 4.69) is 287 Å². The summed E-state index contributed by atoms with van der Waals surface area (Å²) in [5, 5.41) is 0. The van der Waals surface area contributed by atoms with E-state index in [0.29, 0.717) is 0 Å². The topological polar surface area (TPSA) is 13.0 Å². The van der Waals surface area contributed by atoms with Gasteiger partial charge in [-0.15, -0.1) is 0 Å². The van der Waals surface area contributed by atoms with Crippen LogP contribution in [0.4, 0.5) is 68.2 Å². The molecule has 352 valence electrons. The van der Waals surface area contributed by atoms with Crippen LogP contribution in [0.2, 0.25) is 0 Å². The highest BCUT2D eigenvalue weighted by atomic mass is 32.2. The summed E-state index contributed by atoms with van der Waals surface area (Å²) in [5.41, 5.74) is 25.5. The van der Waals surface area contributed by atoms with E-state index >= 15 is 0 Å². The standard InChI is InChI=1S/C67H46B2N4S2/c1-45-66-58(68-64-56(54-36-20-22-38-62(54)74-68)40-52(42-60(64)72(66)50-32-16-6-17-33-50)70(46-24-8-2-9-25-46)47-26-10-3-11-27-47)44-59-67(45)73(51-34-18-7-19-35-51)61-43-53(41-57-55-37-21-23-39-63(55)75-69(59)65(57)61)71(48-28-12-4-13-29-48)49-30-14-5-15-31-49/h2-44H,1H3. The van der Waals surface area contributed by atoms with E-state index in [4.69, 9.17) is 0 Å². The van der Waals surface area contributed by atoms with Crippen LogP contribution in [0.5, 0.6) is 0 Å². The van der Waals surface area contributed by atoms with Gasteiger partial charge in [0.05, 0.1) is 0 Å². The van der Waals surface area contributed by atoms with Crippen molar-refractivity contribution in [1.29, 1.82) is 0 Å². The summed E-state index contributed by atoms with van der Waals surface area (Å²) in [6.07, 6.45) is 0. The Morgan fingerprint density at radius 1 is 0.320 bits per heavy atom. The van der Waals surface area contributed by atoms with Gasteiger partial charge in [0.2, 0.25) is 0 Å². The molecule has 4 aliphatic rings. The predicted octanol–water partition coefficient (Wildman–Crippen LogP) is 16.3. The molecule has 0 atom stereocenters. The Labute approximate surface area is 447 Å². The first-order chi connectivity index (χ1) is 37.2.